The maximum absolute atomic E-state index is 14.1. The van der Waals surface area contributed by atoms with E-state index in [4.69, 9.17) is 21.1 Å². The molecule has 1 amide bonds. The molecule has 236 valence electrons. The number of fused-ring (bicyclic) bond motifs is 2. The predicted molar refractivity (Wildman–Crippen MR) is 156 cm³/mol. The van der Waals surface area contributed by atoms with Crippen LogP contribution in [0.15, 0.2) is 37.1 Å². The Morgan fingerprint density at radius 1 is 1.13 bits per heavy atom. The largest absolute Gasteiger partial charge is 0.450 e. The lowest BCUT2D eigenvalue weighted by Crippen LogP contribution is -2.64. The van der Waals surface area contributed by atoms with E-state index in [2.05, 4.69) is 30.5 Å². The monoisotopic (exact) mass is 644 g/mol. The number of carbonyl (C=O) groups excluding carboxylic acids is 1. The molecule has 0 radical (unpaired) electrons. The van der Waals surface area contributed by atoms with Crippen LogP contribution in [-0.2, 0) is 18.0 Å². The molecule has 1 saturated carbocycles. The third-order valence-corrected chi connectivity index (χ3v) is 8.33. The first-order chi connectivity index (χ1) is 21.2. The van der Waals surface area contributed by atoms with Gasteiger partial charge < -0.3 is 24.3 Å². The van der Waals surface area contributed by atoms with Crippen molar-refractivity contribution < 1.29 is 27.4 Å². The van der Waals surface area contributed by atoms with Crippen LogP contribution in [0.5, 0.6) is 11.5 Å². The fourth-order valence-electron chi connectivity index (χ4n) is 5.96. The maximum Gasteiger partial charge on any atom is 0.433 e. The van der Waals surface area contributed by atoms with Crippen LogP contribution < -0.4 is 10.1 Å². The lowest BCUT2D eigenvalue weighted by atomic mass is 9.61. The Kier molecular flexibility index (Phi) is 6.44. The number of aryl methyl sites for hydroxylation is 1. The topological polar surface area (TPSA) is 130 Å². The van der Waals surface area contributed by atoms with Crippen molar-refractivity contribution in [2.24, 2.45) is 12.5 Å². The van der Waals surface area contributed by atoms with Gasteiger partial charge in [0.2, 0.25) is 5.95 Å². The summed E-state index contributed by atoms with van der Waals surface area (Å²) in [5.74, 6) is 0.805. The average Bonchev–Trinajstić information content (AvgIpc) is 3.60. The van der Waals surface area contributed by atoms with Crippen LogP contribution in [-0.4, -0.2) is 68.6 Å². The van der Waals surface area contributed by atoms with E-state index in [-0.39, 0.29) is 33.6 Å². The molecule has 2 aliphatic rings. The van der Waals surface area contributed by atoms with E-state index in [1.807, 2.05) is 0 Å². The molecule has 13 nitrogen and oxygen atoms in total. The Labute approximate surface area is 258 Å². The zero-order valence-corrected chi connectivity index (χ0v) is 25.4. The van der Waals surface area contributed by atoms with Gasteiger partial charge in [0, 0.05) is 44.0 Å². The summed E-state index contributed by atoms with van der Waals surface area (Å²) in [5.41, 5.74) is -0.443. The van der Waals surface area contributed by atoms with Crippen LogP contribution >= 0.6 is 11.6 Å². The minimum Gasteiger partial charge on any atom is -0.450 e. The quantitative estimate of drug-likeness (QED) is 0.245. The highest BCUT2D eigenvalue weighted by Crippen LogP contribution is 2.55. The van der Waals surface area contributed by atoms with Crippen LogP contribution in [0.3, 0.4) is 0 Å². The van der Waals surface area contributed by atoms with Crippen molar-refractivity contribution >= 4 is 46.1 Å². The Morgan fingerprint density at radius 3 is 2.60 bits per heavy atom. The second-order valence-electron chi connectivity index (χ2n) is 12.5. The molecule has 0 unspecified atom stereocenters. The molecule has 2 fully saturated rings. The van der Waals surface area contributed by atoms with Gasteiger partial charge in [0.05, 0.1) is 24.6 Å². The number of pyridine rings is 1. The minimum atomic E-state index is -4.63. The van der Waals surface area contributed by atoms with Crippen LogP contribution in [0.1, 0.15) is 45.3 Å². The number of halogens is 4. The molecule has 0 aromatic carbocycles. The molecule has 0 bridgehead atoms. The van der Waals surface area contributed by atoms with Crippen LogP contribution in [0, 0.1) is 5.41 Å². The van der Waals surface area contributed by atoms with Gasteiger partial charge in [-0.05, 0) is 33.6 Å². The first kappa shape index (κ1) is 29.1. The molecule has 1 saturated heterocycles. The van der Waals surface area contributed by atoms with E-state index in [9.17, 15) is 18.0 Å². The number of hydrogen-bond donors (Lipinski definition) is 1. The normalized spacial score (nSPS) is 16.7. The minimum absolute atomic E-state index is 0.0304. The summed E-state index contributed by atoms with van der Waals surface area (Å²) in [6, 6.07) is 0.491. The summed E-state index contributed by atoms with van der Waals surface area (Å²) in [6.45, 7) is 6.25. The Hall–Kier alpha value is -4.60. The van der Waals surface area contributed by atoms with E-state index in [0.29, 0.717) is 42.7 Å². The van der Waals surface area contributed by atoms with Gasteiger partial charge in [0.25, 0.3) is 0 Å². The SMILES string of the molecule is Cn1c(Nc2cc(C(F)(F)F)n(C3CC4(C3)CN(C(=O)OC(C)(C)C)C4)n2)nc2ncc(Oc3cnn4ccncc34)c(Cl)c21. The highest BCUT2D eigenvalue weighted by atomic mass is 35.5. The highest BCUT2D eigenvalue weighted by molar-refractivity contribution is 6.36. The van der Waals surface area contributed by atoms with E-state index in [1.54, 1.807) is 60.4 Å². The molecule has 5 aromatic heterocycles. The number of anilines is 2. The van der Waals surface area contributed by atoms with Crippen molar-refractivity contribution in [3.05, 3.63) is 47.8 Å². The smallest absolute Gasteiger partial charge is 0.433 e. The average molecular weight is 645 g/mol. The van der Waals surface area contributed by atoms with Gasteiger partial charge in [-0.25, -0.2) is 14.3 Å². The molecule has 45 heavy (non-hydrogen) atoms. The molecule has 1 aliphatic carbocycles. The summed E-state index contributed by atoms with van der Waals surface area (Å²) >= 11 is 6.70. The number of hydrogen-bond acceptors (Lipinski definition) is 9. The van der Waals surface area contributed by atoms with Gasteiger partial charge in [-0.15, -0.1) is 0 Å². The second-order valence-corrected chi connectivity index (χ2v) is 12.9. The number of carbonyl (C=O) groups is 1. The molecule has 1 N–H and O–H groups in total. The number of imidazole rings is 1. The van der Waals surface area contributed by atoms with Crippen LogP contribution in [0.2, 0.25) is 5.02 Å². The van der Waals surface area contributed by atoms with Crippen molar-refractivity contribution in [2.45, 2.75) is 51.4 Å². The Morgan fingerprint density at radius 2 is 1.89 bits per heavy atom. The van der Waals surface area contributed by atoms with Crippen molar-refractivity contribution in [3.8, 4) is 11.5 Å². The molecule has 0 atom stereocenters. The van der Waals surface area contributed by atoms with Crippen LogP contribution in [0.25, 0.3) is 16.7 Å². The number of alkyl halides is 3. The van der Waals surface area contributed by atoms with Crippen molar-refractivity contribution in [2.75, 3.05) is 18.4 Å². The zero-order chi connectivity index (χ0) is 31.9. The third-order valence-electron chi connectivity index (χ3n) is 7.97. The van der Waals surface area contributed by atoms with Crippen molar-refractivity contribution in [3.63, 3.8) is 0 Å². The van der Waals surface area contributed by atoms with Crippen molar-refractivity contribution in [1.82, 2.24) is 43.8 Å². The fraction of sp³-hybridized carbons (Fsp3) is 0.429. The number of rotatable bonds is 5. The van der Waals surface area contributed by atoms with E-state index in [1.165, 1.54) is 12.4 Å². The van der Waals surface area contributed by atoms with Gasteiger partial charge >= 0.3 is 12.3 Å². The predicted octanol–water partition coefficient (Wildman–Crippen LogP) is 5.99. The van der Waals surface area contributed by atoms with Crippen LogP contribution in [0.4, 0.5) is 29.7 Å². The van der Waals surface area contributed by atoms with Crippen molar-refractivity contribution in [1.29, 1.82) is 0 Å². The Balaban J connectivity index is 1.10. The lowest BCUT2D eigenvalue weighted by Gasteiger charge is -2.58. The first-order valence-corrected chi connectivity index (χ1v) is 14.5. The zero-order valence-electron chi connectivity index (χ0n) is 24.6. The number of aromatic nitrogens is 8. The summed E-state index contributed by atoms with van der Waals surface area (Å²) in [6.07, 6.45) is 3.68. The van der Waals surface area contributed by atoms with Gasteiger partial charge in [0.1, 0.15) is 27.4 Å². The highest BCUT2D eigenvalue weighted by Gasteiger charge is 2.56. The Bertz CT molecular complexity index is 1950. The van der Waals surface area contributed by atoms with E-state index in [0.717, 1.165) is 10.7 Å². The number of nitrogens with zero attached hydrogens (tertiary/aromatic N) is 9. The molecule has 1 aliphatic heterocycles. The number of nitrogens with one attached hydrogen (secondary N) is 1. The molecule has 7 rings (SSSR count). The van der Waals surface area contributed by atoms with E-state index < -0.39 is 29.6 Å². The first-order valence-electron chi connectivity index (χ1n) is 14.1. The second kappa shape index (κ2) is 9.95. The molecular weight excluding hydrogens is 617 g/mol. The van der Waals surface area contributed by atoms with Gasteiger partial charge in [-0.2, -0.15) is 28.4 Å². The van der Waals surface area contributed by atoms with Gasteiger partial charge in [-0.3, -0.25) is 9.67 Å². The third kappa shape index (κ3) is 5.15. The lowest BCUT2D eigenvalue weighted by molar-refractivity contribution is -0.150. The molecule has 6 heterocycles. The van der Waals surface area contributed by atoms with Gasteiger partial charge in [0.15, 0.2) is 23.0 Å². The van der Waals surface area contributed by atoms with E-state index >= 15 is 0 Å². The molecule has 5 aromatic rings. The summed E-state index contributed by atoms with van der Waals surface area (Å²) < 4.78 is 57.9. The summed E-state index contributed by atoms with van der Waals surface area (Å²) in [4.78, 5) is 26.8. The number of likely N-dealkylation sites (tertiary alicyclic amines) is 1. The summed E-state index contributed by atoms with van der Waals surface area (Å²) in [7, 11) is 1.65. The summed E-state index contributed by atoms with van der Waals surface area (Å²) in [5, 5.41) is 11.6. The van der Waals surface area contributed by atoms with Gasteiger partial charge in [-0.1, -0.05) is 11.6 Å². The molecular formula is C28H28ClF3N10O3. The molecule has 1 spiro atoms. The maximum atomic E-state index is 14.1. The number of ether oxygens (including phenoxy) is 2. The molecule has 17 heteroatoms. The standard InChI is InChI=1S/C28H28ClF3N10O3/c1-26(2,3)45-25(43)40-13-27(14-40)8-15(9-27)42-19(28(30,31)32)7-20(38-42)36-24-37-23-22(39(24)4)21(29)18(11-34-23)44-17-12-35-41-6-5-33-10-16(17)41/h5-7,10-12,15H,8-9,13-14H2,1-4H3,(H,34,36,37,38). The fourth-order valence-corrected chi connectivity index (χ4v) is 6.25. The number of amides is 1.